The molecule has 152 valence electrons. The van der Waals surface area contributed by atoms with Gasteiger partial charge in [-0.1, -0.05) is 30.3 Å². The lowest BCUT2D eigenvalue weighted by Crippen LogP contribution is -2.42. The summed E-state index contributed by atoms with van der Waals surface area (Å²) in [6.45, 7) is -0.0723. The van der Waals surface area contributed by atoms with Gasteiger partial charge in [-0.15, -0.1) is 0 Å². The normalized spacial score (nSPS) is 16.0. The standard InChI is InChI=1S/C21H22N2O6/c1-28-16-8-4-2-6-13(16)10-14(21(26)27)12-22-19(24)11-18-20(25)23-15-7-3-5-9-17(15)29-18/h2-9,14,18H,10-12H2,1H3,(H,22,24)(H,23,25)(H,26,27). The van der Waals surface area contributed by atoms with Crippen LogP contribution in [0.4, 0.5) is 5.69 Å². The highest BCUT2D eigenvalue weighted by Crippen LogP contribution is 2.29. The third-order valence-corrected chi connectivity index (χ3v) is 4.63. The first kappa shape index (κ1) is 20.2. The molecule has 0 aromatic heterocycles. The number of carboxylic acid groups (broad SMARTS) is 1. The third-order valence-electron chi connectivity index (χ3n) is 4.63. The molecule has 8 nitrogen and oxygen atoms in total. The second kappa shape index (κ2) is 9.09. The summed E-state index contributed by atoms with van der Waals surface area (Å²) in [5.41, 5.74) is 1.29. The Morgan fingerprint density at radius 2 is 1.93 bits per heavy atom. The minimum atomic E-state index is -1.03. The van der Waals surface area contributed by atoms with Gasteiger partial charge in [-0.25, -0.2) is 0 Å². The van der Waals surface area contributed by atoms with E-state index < -0.39 is 29.8 Å². The SMILES string of the molecule is COc1ccccc1CC(CNC(=O)CC1Oc2ccccc2NC1=O)C(=O)O. The van der Waals surface area contributed by atoms with Gasteiger partial charge in [0.25, 0.3) is 5.91 Å². The summed E-state index contributed by atoms with van der Waals surface area (Å²) in [5.74, 6) is -1.66. The summed E-state index contributed by atoms with van der Waals surface area (Å²) in [5, 5.41) is 14.8. The molecular formula is C21H22N2O6. The van der Waals surface area contributed by atoms with E-state index in [1.54, 1.807) is 48.5 Å². The fourth-order valence-electron chi connectivity index (χ4n) is 3.09. The Kier molecular flexibility index (Phi) is 6.33. The van der Waals surface area contributed by atoms with Gasteiger partial charge in [-0.2, -0.15) is 0 Å². The summed E-state index contributed by atoms with van der Waals surface area (Å²) < 4.78 is 10.8. The average molecular weight is 398 g/mol. The summed E-state index contributed by atoms with van der Waals surface area (Å²) in [6.07, 6.45) is -0.975. The Labute approximate surface area is 167 Å². The first-order chi connectivity index (χ1) is 14.0. The smallest absolute Gasteiger partial charge is 0.308 e. The zero-order valence-corrected chi connectivity index (χ0v) is 15.9. The van der Waals surface area contributed by atoms with Crippen molar-refractivity contribution < 1.29 is 29.0 Å². The molecule has 0 saturated heterocycles. The maximum atomic E-state index is 12.3. The Morgan fingerprint density at radius 3 is 2.69 bits per heavy atom. The fourth-order valence-corrected chi connectivity index (χ4v) is 3.09. The van der Waals surface area contributed by atoms with Gasteiger partial charge in [0.15, 0.2) is 6.10 Å². The van der Waals surface area contributed by atoms with Crippen LogP contribution in [0.15, 0.2) is 48.5 Å². The number of fused-ring (bicyclic) bond motifs is 1. The summed E-state index contributed by atoms with van der Waals surface area (Å²) in [6, 6.07) is 14.1. The number of ether oxygens (including phenoxy) is 2. The fraction of sp³-hybridized carbons (Fsp3) is 0.286. The molecule has 0 saturated carbocycles. The van der Waals surface area contributed by atoms with Crippen LogP contribution in [-0.4, -0.2) is 42.6 Å². The highest BCUT2D eigenvalue weighted by atomic mass is 16.5. The number of carbonyl (C=O) groups is 3. The van der Waals surface area contributed by atoms with Crippen LogP contribution in [0.5, 0.6) is 11.5 Å². The topological polar surface area (TPSA) is 114 Å². The van der Waals surface area contributed by atoms with E-state index >= 15 is 0 Å². The van der Waals surface area contributed by atoms with Gasteiger partial charge in [0.1, 0.15) is 11.5 Å². The summed E-state index contributed by atoms with van der Waals surface area (Å²) in [4.78, 5) is 36.0. The van der Waals surface area contributed by atoms with E-state index in [2.05, 4.69) is 10.6 Å². The first-order valence-electron chi connectivity index (χ1n) is 9.16. The molecule has 2 aromatic rings. The van der Waals surface area contributed by atoms with Crippen LogP contribution in [0.1, 0.15) is 12.0 Å². The van der Waals surface area contributed by atoms with Crippen molar-refractivity contribution in [1.82, 2.24) is 5.32 Å². The lowest BCUT2D eigenvalue weighted by Gasteiger charge is -2.25. The van der Waals surface area contributed by atoms with Gasteiger partial charge in [0, 0.05) is 6.54 Å². The van der Waals surface area contributed by atoms with E-state index in [1.807, 2.05) is 0 Å². The molecule has 2 amide bonds. The van der Waals surface area contributed by atoms with Crippen molar-refractivity contribution >= 4 is 23.5 Å². The zero-order chi connectivity index (χ0) is 20.8. The maximum Gasteiger partial charge on any atom is 0.308 e. The number of carbonyl (C=O) groups excluding carboxylic acids is 2. The Bertz CT molecular complexity index is 914. The molecule has 0 radical (unpaired) electrons. The van der Waals surface area contributed by atoms with Crippen LogP contribution < -0.4 is 20.1 Å². The lowest BCUT2D eigenvalue weighted by molar-refractivity contribution is -0.141. The van der Waals surface area contributed by atoms with Crippen molar-refractivity contribution in [2.45, 2.75) is 18.9 Å². The molecule has 2 atom stereocenters. The van der Waals surface area contributed by atoms with Crippen LogP contribution in [0.2, 0.25) is 0 Å². The quantitative estimate of drug-likeness (QED) is 0.625. The molecule has 0 spiro atoms. The van der Waals surface area contributed by atoms with Gasteiger partial charge in [0.2, 0.25) is 5.91 Å². The van der Waals surface area contributed by atoms with Crippen LogP contribution in [0.25, 0.3) is 0 Å². The van der Waals surface area contributed by atoms with Crippen molar-refractivity contribution in [3.05, 3.63) is 54.1 Å². The maximum absolute atomic E-state index is 12.3. The molecule has 3 N–H and O–H groups in total. The van der Waals surface area contributed by atoms with E-state index in [0.29, 0.717) is 17.2 Å². The Hall–Kier alpha value is -3.55. The molecule has 3 rings (SSSR count). The third kappa shape index (κ3) is 5.04. The molecule has 0 bridgehead atoms. The molecule has 1 aliphatic rings. The average Bonchev–Trinajstić information content (AvgIpc) is 2.71. The number of rotatable bonds is 8. The molecule has 1 aliphatic heterocycles. The highest BCUT2D eigenvalue weighted by Gasteiger charge is 2.30. The second-order valence-corrected chi connectivity index (χ2v) is 6.65. The number of anilines is 1. The van der Waals surface area contributed by atoms with Gasteiger partial charge < -0.3 is 25.2 Å². The van der Waals surface area contributed by atoms with Gasteiger partial charge in [0.05, 0.1) is 25.1 Å². The van der Waals surface area contributed by atoms with Crippen LogP contribution in [-0.2, 0) is 20.8 Å². The van der Waals surface area contributed by atoms with E-state index in [-0.39, 0.29) is 19.4 Å². The number of hydrogen-bond acceptors (Lipinski definition) is 5. The number of carboxylic acids is 1. The predicted octanol–water partition coefficient (Wildman–Crippen LogP) is 1.84. The van der Waals surface area contributed by atoms with E-state index in [9.17, 15) is 19.5 Å². The molecule has 2 aromatic carbocycles. The highest BCUT2D eigenvalue weighted by molar-refractivity contribution is 5.99. The van der Waals surface area contributed by atoms with Gasteiger partial charge in [-0.3, -0.25) is 14.4 Å². The Morgan fingerprint density at radius 1 is 1.21 bits per heavy atom. The van der Waals surface area contributed by atoms with Crippen molar-refractivity contribution in [2.24, 2.45) is 5.92 Å². The molecule has 0 fully saturated rings. The number of para-hydroxylation sites is 3. The minimum absolute atomic E-state index is 0.0723. The first-order valence-corrected chi connectivity index (χ1v) is 9.16. The number of nitrogens with one attached hydrogen (secondary N) is 2. The van der Waals surface area contributed by atoms with Crippen LogP contribution in [0, 0.1) is 5.92 Å². The molecular weight excluding hydrogens is 376 g/mol. The molecule has 29 heavy (non-hydrogen) atoms. The number of methoxy groups -OCH3 is 1. The van der Waals surface area contributed by atoms with Crippen molar-refractivity contribution in [1.29, 1.82) is 0 Å². The monoisotopic (exact) mass is 398 g/mol. The predicted molar refractivity (Wildman–Crippen MR) is 105 cm³/mol. The number of amides is 2. The summed E-state index contributed by atoms with van der Waals surface area (Å²) in [7, 11) is 1.52. The number of aliphatic carboxylic acids is 1. The lowest BCUT2D eigenvalue weighted by atomic mass is 9.98. The zero-order valence-electron chi connectivity index (χ0n) is 15.9. The summed E-state index contributed by atoms with van der Waals surface area (Å²) >= 11 is 0. The largest absolute Gasteiger partial charge is 0.496 e. The molecule has 1 heterocycles. The Balaban J connectivity index is 1.57. The minimum Gasteiger partial charge on any atom is -0.496 e. The second-order valence-electron chi connectivity index (χ2n) is 6.65. The number of hydrogen-bond donors (Lipinski definition) is 3. The molecule has 2 unspecified atom stereocenters. The van der Waals surface area contributed by atoms with Crippen molar-refractivity contribution in [3.63, 3.8) is 0 Å². The van der Waals surface area contributed by atoms with Gasteiger partial charge in [-0.05, 0) is 30.2 Å². The molecule has 0 aliphatic carbocycles. The van der Waals surface area contributed by atoms with E-state index in [4.69, 9.17) is 9.47 Å². The van der Waals surface area contributed by atoms with Gasteiger partial charge >= 0.3 is 5.97 Å². The van der Waals surface area contributed by atoms with Crippen LogP contribution in [0.3, 0.4) is 0 Å². The van der Waals surface area contributed by atoms with Crippen LogP contribution >= 0.6 is 0 Å². The number of benzene rings is 2. The van der Waals surface area contributed by atoms with Crippen molar-refractivity contribution in [2.75, 3.05) is 19.0 Å². The van der Waals surface area contributed by atoms with Crippen molar-refractivity contribution in [3.8, 4) is 11.5 Å². The molecule has 8 heteroatoms. The van der Waals surface area contributed by atoms with E-state index in [0.717, 1.165) is 5.56 Å². The van der Waals surface area contributed by atoms with E-state index in [1.165, 1.54) is 7.11 Å².